The van der Waals surface area contributed by atoms with Gasteiger partial charge in [-0.05, 0) is 13.0 Å². The van der Waals surface area contributed by atoms with Crippen molar-refractivity contribution in [3.8, 4) is 0 Å². The molecule has 1 unspecified atom stereocenters. The number of carbonyl (C=O) groups excluding carboxylic acids is 1. The van der Waals surface area contributed by atoms with Crippen LogP contribution < -0.4 is 5.73 Å². The van der Waals surface area contributed by atoms with E-state index < -0.39 is 0 Å². The molecule has 10 heavy (non-hydrogen) atoms. The first-order valence-corrected chi connectivity index (χ1v) is 3.26. The van der Waals surface area contributed by atoms with Crippen molar-refractivity contribution in [2.24, 2.45) is 11.7 Å². The van der Waals surface area contributed by atoms with Crippen molar-refractivity contribution >= 4 is 5.91 Å². The molecule has 0 aromatic heterocycles. The van der Waals surface area contributed by atoms with Crippen molar-refractivity contribution in [3.05, 3.63) is 0 Å². The van der Waals surface area contributed by atoms with Gasteiger partial charge in [0.05, 0.1) is 0 Å². The number of nitrogens with zero attached hydrogens (tertiary/aromatic N) is 1. The van der Waals surface area contributed by atoms with E-state index in [-0.39, 0.29) is 11.8 Å². The van der Waals surface area contributed by atoms with Crippen molar-refractivity contribution in [2.75, 3.05) is 13.6 Å². The highest BCUT2D eigenvalue weighted by Gasteiger charge is 2.14. The van der Waals surface area contributed by atoms with Crippen LogP contribution in [0.2, 0.25) is 0 Å². The van der Waals surface area contributed by atoms with E-state index in [4.69, 9.17) is 10.9 Å². The smallest absolute Gasteiger partial charge is 0.248 e. The number of nitrogens with two attached hydrogens (primary N) is 1. The Kier molecular flexibility index (Phi) is 3.99. The molecule has 0 aromatic rings. The van der Waals surface area contributed by atoms with Crippen LogP contribution in [0.5, 0.6) is 0 Å². The lowest BCUT2D eigenvalue weighted by Crippen LogP contribution is -2.29. The maximum absolute atomic E-state index is 10.9. The van der Waals surface area contributed by atoms with E-state index in [1.165, 1.54) is 7.05 Å². The minimum absolute atomic E-state index is 0.181. The first kappa shape index (κ1) is 9.39. The van der Waals surface area contributed by atoms with Crippen LogP contribution in [-0.2, 0) is 4.79 Å². The first-order chi connectivity index (χ1) is 4.59. The van der Waals surface area contributed by atoms with E-state index >= 15 is 0 Å². The molecule has 0 spiro atoms. The molecule has 4 heteroatoms. The molecule has 0 rings (SSSR count). The Labute approximate surface area is 60.6 Å². The molecular formula is C6H14N2O2. The normalized spacial score (nSPS) is 12.8. The summed E-state index contributed by atoms with van der Waals surface area (Å²) in [5, 5.41) is 9.26. The molecule has 0 aliphatic rings. The van der Waals surface area contributed by atoms with Crippen molar-refractivity contribution in [1.29, 1.82) is 0 Å². The van der Waals surface area contributed by atoms with Crippen LogP contribution in [-0.4, -0.2) is 29.8 Å². The van der Waals surface area contributed by atoms with Crippen LogP contribution in [0.25, 0.3) is 0 Å². The highest BCUT2D eigenvalue weighted by molar-refractivity contribution is 5.76. The van der Waals surface area contributed by atoms with Crippen LogP contribution in [0.15, 0.2) is 0 Å². The molecule has 1 amide bonds. The van der Waals surface area contributed by atoms with E-state index in [0.717, 1.165) is 0 Å². The van der Waals surface area contributed by atoms with Gasteiger partial charge in [0.25, 0.3) is 0 Å². The molecule has 0 aromatic carbocycles. The monoisotopic (exact) mass is 146 g/mol. The summed E-state index contributed by atoms with van der Waals surface area (Å²) in [7, 11) is 1.31. The number of hydrogen-bond donors (Lipinski definition) is 2. The molecule has 60 valence electrons. The molecular weight excluding hydrogens is 132 g/mol. The standard InChI is InChI=1S/C6H14N2O2/c1-5(3-4-7)6(9)8(2)10/h5,10H,3-4,7H2,1-2H3. The van der Waals surface area contributed by atoms with E-state index in [0.29, 0.717) is 18.0 Å². The predicted octanol–water partition coefficient (Wildman–Crippen LogP) is -0.181. The lowest BCUT2D eigenvalue weighted by molar-refractivity contribution is -0.163. The van der Waals surface area contributed by atoms with Gasteiger partial charge >= 0.3 is 0 Å². The maximum atomic E-state index is 10.9. The van der Waals surface area contributed by atoms with Crippen LogP contribution in [0.3, 0.4) is 0 Å². The molecule has 0 saturated carbocycles. The Hall–Kier alpha value is -0.610. The van der Waals surface area contributed by atoms with Crippen molar-refractivity contribution in [2.45, 2.75) is 13.3 Å². The minimum Gasteiger partial charge on any atom is -0.330 e. The van der Waals surface area contributed by atoms with Crippen LogP contribution in [0.1, 0.15) is 13.3 Å². The summed E-state index contributed by atoms with van der Waals surface area (Å²) < 4.78 is 0. The molecule has 4 nitrogen and oxygen atoms in total. The molecule has 0 bridgehead atoms. The minimum atomic E-state index is -0.287. The van der Waals surface area contributed by atoms with Crippen molar-refractivity contribution < 1.29 is 10.0 Å². The van der Waals surface area contributed by atoms with Gasteiger partial charge in [0.15, 0.2) is 0 Å². The van der Waals surface area contributed by atoms with Crippen LogP contribution >= 0.6 is 0 Å². The van der Waals surface area contributed by atoms with Crippen molar-refractivity contribution in [1.82, 2.24) is 5.06 Å². The average Bonchev–Trinajstić information content (AvgIpc) is 1.87. The van der Waals surface area contributed by atoms with Crippen molar-refractivity contribution in [3.63, 3.8) is 0 Å². The number of hydrogen-bond acceptors (Lipinski definition) is 3. The zero-order chi connectivity index (χ0) is 8.15. The Morgan fingerprint density at radius 1 is 1.80 bits per heavy atom. The summed E-state index contributed by atoms with van der Waals surface area (Å²) in [6.07, 6.45) is 0.615. The largest absolute Gasteiger partial charge is 0.330 e. The average molecular weight is 146 g/mol. The summed E-state index contributed by atoms with van der Waals surface area (Å²) in [5.74, 6) is -0.467. The van der Waals surface area contributed by atoms with Crippen LogP contribution in [0, 0.1) is 5.92 Å². The second kappa shape index (κ2) is 4.24. The van der Waals surface area contributed by atoms with Gasteiger partial charge in [0, 0.05) is 13.0 Å². The third-order valence-corrected chi connectivity index (χ3v) is 1.34. The van der Waals surface area contributed by atoms with E-state index in [1.807, 2.05) is 0 Å². The summed E-state index contributed by atoms with van der Waals surface area (Å²) in [6.45, 7) is 2.21. The van der Waals surface area contributed by atoms with Gasteiger partial charge < -0.3 is 5.73 Å². The molecule has 0 aliphatic carbocycles. The highest BCUT2D eigenvalue weighted by Crippen LogP contribution is 2.02. The molecule has 1 atom stereocenters. The SMILES string of the molecule is CC(CCN)C(=O)N(C)O. The molecule has 0 aliphatic heterocycles. The topological polar surface area (TPSA) is 66.6 Å². The Balaban J connectivity index is 3.71. The van der Waals surface area contributed by atoms with E-state index in [9.17, 15) is 4.79 Å². The quantitative estimate of drug-likeness (QED) is 0.428. The maximum Gasteiger partial charge on any atom is 0.248 e. The Morgan fingerprint density at radius 2 is 2.30 bits per heavy atom. The Bertz CT molecular complexity index is 114. The third kappa shape index (κ3) is 2.80. The van der Waals surface area contributed by atoms with E-state index in [1.54, 1.807) is 6.92 Å². The summed E-state index contributed by atoms with van der Waals surface area (Å²) >= 11 is 0. The fraction of sp³-hybridized carbons (Fsp3) is 0.833. The fourth-order valence-corrected chi connectivity index (χ4v) is 0.692. The van der Waals surface area contributed by atoms with Gasteiger partial charge in [-0.3, -0.25) is 10.0 Å². The molecule has 0 radical (unpaired) electrons. The summed E-state index contributed by atoms with van der Waals surface area (Å²) in [6, 6.07) is 0. The molecule has 3 N–H and O–H groups in total. The zero-order valence-corrected chi connectivity index (χ0v) is 6.37. The fourth-order valence-electron chi connectivity index (χ4n) is 0.692. The molecule has 0 saturated heterocycles. The van der Waals surface area contributed by atoms with Gasteiger partial charge in [-0.15, -0.1) is 0 Å². The summed E-state index contributed by atoms with van der Waals surface area (Å²) in [4.78, 5) is 10.9. The number of carbonyl (C=O) groups is 1. The zero-order valence-electron chi connectivity index (χ0n) is 6.37. The van der Waals surface area contributed by atoms with Gasteiger partial charge in [0.2, 0.25) is 5.91 Å². The summed E-state index contributed by atoms with van der Waals surface area (Å²) in [5.41, 5.74) is 5.22. The second-order valence-electron chi connectivity index (χ2n) is 2.34. The first-order valence-electron chi connectivity index (χ1n) is 3.26. The molecule has 0 fully saturated rings. The number of rotatable bonds is 3. The lowest BCUT2D eigenvalue weighted by Gasteiger charge is -2.13. The van der Waals surface area contributed by atoms with Gasteiger partial charge in [-0.1, -0.05) is 6.92 Å². The van der Waals surface area contributed by atoms with Gasteiger partial charge in [-0.25, -0.2) is 5.06 Å². The number of hydroxylamine groups is 2. The third-order valence-electron chi connectivity index (χ3n) is 1.34. The molecule has 0 heterocycles. The van der Waals surface area contributed by atoms with Gasteiger partial charge in [-0.2, -0.15) is 0 Å². The second-order valence-corrected chi connectivity index (χ2v) is 2.34. The number of amides is 1. The van der Waals surface area contributed by atoms with E-state index in [2.05, 4.69) is 0 Å². The lowest BCUT2D eigenvalue weighted by atomic mass is 10.1. The highest BCUT2D eigenvalue weighted by atomic mass is 16.5. The van der Waals surface area contributed by atoms with Crippen LogP contribution in [0.4, 0.5) is 0 Å². The van der Waals surface area contributed by atoms with Gasteiger partial charge in [0.1, 0.15) is 0 Å². The predicted molar refractivity (Wildman–Crippen MR) is 37.4 cm³/mol. The Morgan fingerprint density at radius 3 is 2.60 bits per heavy atom.